The zero-order valence-corrected chi connectivity index (χ0v) is 21.5. The normalized spacial score (nSPS) is 14.3. The molecule has 1 fully saturated rings. The highest BCUT2D eigenvalue weighted by Crippen LogP contribution is 2.45. The zero-order valence-electron chi connectivity index (χ0n) is 21.5. The van der Waals surface area contributed by atoms with E-state index in [2.05, 4.69) is 0 Å². The zero-order chi connectivity index (χ0) is 28.3. The minimum Gasteiger partial charge on any atom is -0.508 e. The predicted octanol–water partition coefficient (Wildman–Crippen LogP) is 6.20. The second-order valence-electron chi connectivity index (χ2n) is 9.87. The van der Waals surface area contributed by atoms with Gasteiger partial charge in [0.15, 0.2) is 0 Å². The maximum Gasteiger partial charge on any atom is 0.347 e. The van der Waals surface area contributed by atoms with Gasteiger partial charge in [-0.1, -0.05) is 43.5 Å². The van der Waals surface area contributed by atoms with Gasteiger partial charge in [0.25, 0.3) is 0 Å². The fourth-order valence-corrected chi connectivity index (χ4v) is 5.29. The van der Waals surface area contributed by atoms with Crippen molar-refractivity contribution in [3.63, 3.8) is 0 Å². The largest absolute Gasteiger partial charge is 0.508 e. The Hall–Kier alpha value is -4.98. The Morgan fingerprint density at radius 2 is 0.950 bits per heavy atom. The van der Waals surface area contributed by atoms with Crippen molar-refractivity contribution in [3.05, 3.63) is 107 Å². The first-order valence-electron chi connectivity index (χ1n) is 12.9. The summed E-state index contributed by atoms with van der Waals surface area (Å²) in [4.78, 5) is 25.1. The van der Waals surface area contributed by atoms with Crippen LogP contribution in [0.1, 0.15) is 63.9 Å². The average Bonchev–Trinajstić information content (AvgIpc) is 2.94. The van der Waals surface area contributed by atoms with Crippen LogP contribution in [0.25, 0.3) is 0 Å². The van der Waals surface area contributed by atoms with Gasteiger partial charge in [-0.25, -0.2) is 9.59 Å². The molecule has 4 N–H and O–H groups in total. The minimum atomic E-state index is -0.733. The molecule has 0 bridgehead atoms. The van der Waals surface area contributed by atoms with E-state index in [1.165, 1.54) is 24.3 Å². The molecule has 4 aromatic carbocycles. The van der Waals surface area contributed by atoms with Crippen LogP contribution in [0.4, 0.5) is 0 Å². The number of phenols is 4. The van der Waals surface area contributed by atoms with Crippen LogP contribution in [0, 0.1) is 0 Å². The predicted molar refractivity (Wildman–Crippen MR) is 146 cm³/mol. The van der Waals surface area contributed by atoms with Crippen LogP contribution in [0.3, 0.4) is 0 Å². The van der Waals surface area contributed by atoms with E-state index in [9.17, 15) is 30.0 Å². The Morgan fingerprint density at radius 1 is 0.550 bits per heavy atom. The third kappa shape index (κ3) is 5.42. The number of esters is 2. The molecule has 0 radical (unpaired) electrons. The molecule has 0 aliphatic heterocycles. The van der Waals surface area contributed by atoms with E-state index in [0.29, 0.717) is 11.5 Å². The van der Waals surface area contributed by atoms with E-state index in [1.807, 2.05) is 24.3 Å². The second-order valence-corrected chi connectivity index (χ2v) is 9.87. The lowest BCUT2D eigenvalue weighted by molar-refractivity contribution is 0.0721. The molecular weight excluding hydrogens is 512 g/mol. The van der Waals surface area contributed by atoms with Crippen LogP contribution in [0.15, 0.2) is 84.9 Å². The van der Waals surface area contributed by atoms with Crippen molar-refractivity contribution in [1.82, 2.24) is 0 Å². The van der Waals surface area contributed by atoms with Gasteiger partial charge in [-0.3, -0.25) is 0 Å². The number of rotatable bonds is 6. The lowest BCUT2D eigenvalue weighted by Crippen LogP contribution is -2.30. The SMILES string of the molecule is O=C(Oc1ccc(C2(c3ccc(OC(=O)c4ccc(O)cc4O)cc3)CCCCC2)cc1)c1ccc(O)cc1O. The third-order valence-corrected chi connectivity index (χ3v) is 7.34. The lowest BCUT2D eigenvalue weighted by atomic mass is 9.65. The first-order valence-corrected chi connectivity index (χ1v) is 12.9. The molecule has 8 heteroatoms. The first-order chi connectivity index (χ1) is 19.2. The fourth-order valence-electron chi connectivity index (χ4n) is 5.29. The van der Waals surface area contributed by atoms with Gasteiger partial charge in [-0.15, -0.1) is 0 Å². The molecular formula is C32H28O8. The van der Waals surface area contributed by atoms with Gasteiger partial charge in [0.2, 0.25) is 0 Å². The van der Waals surface area contributed by atoms with Crippen LogP contribution in [-0.4, -0.2) is 32.4 Å². The van der Waals surface area contributed by atoms with Crippen molar-refractivity contribution in [2.45, 2.75) is 37.5 Å². The number of phenolic OH excluding ortho intramolecular Hbond substituents is 4. The van der Waals surface area contributed by atoms with E-state index in [0.717, 1.165) is 55.4 Å². The molecule has 204 valence electrons. The van der Waals surface area contributed by atoms with E-state index in [4.69, 9.17) is 9.47 Å². The van der Waals surface area contributed by atoms with Crippen molar-refractivity contribution in [1.29, 1.82) is 0 Å². The molecule has 4 aromatic rings. The van der Waals surface area contributed by atoms with Crippen LogP contribution in [-0.2, 0) is 5.41 Å². The van der Waals surface area contributed by atoms with Gasteiger partial charge < -0.3 is 29.9 Å². The molecule has 40 heavy (non-hydrogen) atoms. The summed E-state index contributed by atoms with van der Waals surface area (Å²) in [7, 11) is 0. The Balaban J connectivity index is 1.35. The number of carbonyl (C=O) groups is 2. The third-order valence-electron chi connectivity index (χ3n) is 7.34. The average molecular weight is 541 g/mol. The Kier molecular flexibility index (Phi) is 7.33. The van der Waals surface area contributed by atoms with E-state index in [-0.39, 0.29) is 39.5 Å². The highest BCUT2D eigenvalue weighted by molar-refractivity contribution is 5.94. The quantitative estimate of drug-likeness (QED) is 0.168. The lowest BCUT2D eigenvalue weighted by Gasteiger charge is -2.38. The minimum absolute atomic E-state index is 0.0490. The summed E-state index contributed by atoms with van der Waals surface area (Å²) in [6.07, 6.45) is 5.09. The molecule has 5 rings (SSSR count). The van der Waals surface area contributed by atoms with E-state index in [1.54, 1.807) is 24.3 Å². The van der Waals surface area contributed by atoms with Gasteiger partial charge in [0, 0.05) is 17.5 Å². The molecule has 0 unspecified atom stereocenters. The molecule has 0 spiro atoms. The van der Waals surface area contributed by atoms with Crippen molar-refractivity contribution in [2.24, 2.45) is 0 Å². The summed E-state index contributed by atoms with van der Waals surface area (Å²) >= 11 is 0. The molecule has 0 amide bonds. The number of aromatic hydroxyl groups is 4. The van der Waals surface area contributed by atoms with E-state index >= 15 is 0 Å². The fraction of sp³-hybridized carbons (Fsp3) is 0.188. The van der Waals surface area contributed by atoms with Crippen LogP contribution < -0.4 is 9.47 Å². The Morgan fingerprint density at radius 3 is 1.32 bits per heavy atom. The van der Waals surface area contributed by atoms with Gasteiger partial charge in [-0.2, -0.15) is 0 Å². The molecule has 0 atom stereocenters. The summed E-state index contributed by atoms with van der Waals surface area (Å²) in [5.74, 6) is -1.85. The van der Waals surface area contributed by atoms with Gasteiger partial charge in [-0.05, 0) is 72.5 Å². The number of carbonyl (C=O) groups excluding carboxylic acids is 2. The molecule has 0 saturated heterocycles. The van der Waals surface area contributed by atoms with Gasteiger partial charge in [0.1, 0.15) is 45.6 Å². The highest BCUT2D eigenvalue weighted by Gasteiger charge is 2.35. The molecule has 1 saturated carbocycles. The molecule has 0 heterocycles. The van der Waals surface area contributed by atoms with Crippen molar-refractivity contribution in [3.8, 4) is 34.5 Å². The van der Waals surface area contributed by atoms with Crippen LogP contribution in [0.2, 0.25) is 0 Å². The van der Waals surface area contributed by atoms with Crippen molar-refractivity contribution < 1.29 is 39.5 Å². The van der Waals surface area contributed by atoms with Crippen molar-refractivity contribution >= 4 is 11.9 Å². The number of ether oxygens (including phenoxy) is 2. The standard InChI is InChI=1S/C32H28O8/c33-22-8-14-26(28(35)18-22)30(37)39-24-10-4-20(5-11-24)32(16-2-1-3-17-32)21-6-12-25(13-7-21)40-31(38)27-15-9-23(34)19-29(27)36/h4-15,18-19,33-36H,1-3,16-17H2. The molecule has 1 aliphatic carbocycles. The highest BCUT2D eigenvalue weighted by atomic mass is 16.5. The summed E-state index contributed by atoms with van der Waals surface area (Å²) < 4.78 is 10.9. The molecule has 0 aromatic heterocycles. The molecule has 8 nitrogen and oxygen atoms in total. The maximum absolute atomic E-state index is 12.5. The maximum atomic E-state index is 12.5. The number of hydrogen-bond donors (Lipinski definition) is 4. The van der Waals surface area contributed by atoms with Crippen LogP contribution in [0.5, 0.6) is 34.5 Å². The smallest absolute Gasteiger partial charge is 0.347 e. The van der Waals surface area contributed by atoms with E-state index < -0.39 is 11.9 Å². The van der Waals surface area contributed by atoms with Crippen LogP contribution >= 0.6 is 0 Å². The first kappa shape index (κ1) is 26.6. The summed E-state index contributed by atoms with van der Waals surface area (Å²) in [6.45, 7) is 0. The summed E-state index contributed by atoms with van der Waals surface area (Å²) in [5.41, 5.74) is 1.77. The molecule has 1 aliphatic rings. The van der Waals surface area contributed by atoms with Crippen molar-refractivity contribution in [2.75, 3.05) is 0 Å². The monoisotopic (exact) mass is 540 g/mol. The van der Waals surface area contributed by atoms with Gasteiger partial charge >= 0.3 is 11.9 Å². The number of benzene rings is 4. The topological polar surface area (TPSA) is 134 Å². The Bertz CT molecular complexity index is 1420. The summed E-state index contributed by atoms with van der Waals surface area (Å²) in [6, 6.07) is 22.0. The number of hydrogen-bond acceptors (Lipinski definition) is 8. The summed E-state index contributed by atoms with van der Waals surface area (Å²) in [5, 5.41) is 38.8. The second kappa shape index (κ2) is 11.0. The van der Waals surface area contributed by atoms with Gasteiger partial charge in [0.05, 0.1) is 0 Å². The Labute approximate surface area is 230 Å².